The minimum Gasteiger partial charge on any atom is -0.298 e. The van der Waals surface area contributed by atoms with Crippen LogP contribution in [0.15, 0.2) is 42.5 Å². The van der Waals surface area contributed by atoms with E-state index in [4.69, 9.17) is 0 Å². The Morgan fingerprint density at radius 2 is 1.92 bits per heavy atom. The van der Waals surface area contributed by atoms with Gasteiger partial charge in [-0.15, -0.1) is 0 Å². The molecule has 3 aromatic rings. The van der Waals surface area contributed by atoms with Gasteiger partial charge in [0.1, 0.15) is 0 Å². The highest BCUT2D eigenvalue weighted by Gasteiger charge is 2.09. The molecule has 0 radical (unpaired) electrons. The average molecular weight is 353 g/mol. The summed E-state index contributed by atoms with van der Waals surface area (Å²) < 4.78 is 1.03. The van der Waals surface area contributed by atoms with Crippen LogP contribution in [0.1, 0.15) is 16.7 Å². The summed E-state index contributed by atoms with van der Waals surface area (Å²) in [4.78, 5) is 26.7. The molecule has 0 saturated carbocycles. The van der Waals surface area contributed by atoms with Crippen LogP contribution in [0.4, 0.5) is 10.8 Å². The van der Waals surface area contributed by atoms with E-state index >= 15 is 0 Å². The molecule has 6 nitrogen and oxygen atoms in total. The monoisotopic (exact) mass is 353 g/mol. The van der Waals surface area contributed by atoms with E-state index < -0.39 is 4.92 Å². The van der Waals surface area contributed by atoms with Gasteiger partial charge in [0, 0.05) is 18.2 Å². The highest BCUT2D eigenvalue weighted by atomic mass is 32.1. The van der Waals surface area contributed by atoms with Crippen molar-refractivity contribution in [2.75, 3.05) is 5.32 Å². The number of nitrogens with one attached hydrogen (secondary N) is 1. The lowest BCUT2D eigenvalue weighted by Gasteiger charge is -1.98. The van der Waals surface area contributed by atoms with E-state index in [0.29, 0.717) is 10.7 Å². The molecule has 25 heavy (non-hydrogen) atoms. The minimum absolute atomic E-state index is 0.0155. The number of carbonyl (C=O) groups is 1. The molecule has 0 atom stereocenters. The number of nitrogens with zero attached hydrogens (tertiary/aromatic N) is 2. The molecule has 1 aromatic heterocycles. The fourth-order valence-electron chi connectivity index (χ4n) is 2.31. The first kappa shape index (κ1) is 16.8. The maximum absolute atomic E-state index is 12.1. The minimum atomic E-state index is -0.461. The Morgan fingerprint density at radius 3 is 2.60 bits per heavy atom. The Hall–Kier alpha value is -3.06. The van der Waals surface area contributed by atoms with Gasteiger partial charge in [-0.2, -0.15) is 0 Å². The van der Waals surface area contributed by atoms with Gasteiger partial charge in [-0.1, -0.05) is 17.4 Å². The summed E-state index contributed by atoms with van der Waals surface area (Å²) >= 11 is 1.42. The molecule has 3 rings (SSSR count). The van der Waals surface area contributed by atoms with Crippen molar-refractivity contribution in [3.05, 3.63) is 69.3 Å². The van der Waals surface area contributed by atoms with Gasteiger partial charge < -0.3 is 0 Å². The predicted molar refractivity (Wildman–Crippen MR) is 99.9 cm³/mol. The molecule has 2 aromatic carbocycles. The predicted octanol–water partition coefficient (Wildman–Crippen LogP) is 4.47. The van der Waals surface area contributed by atoms with Crippen LogP contribution in [0.25, 0.3) is 16.3 Å². The highest BCUT2D eigenvalue weighted by Crippen LogP contribution is 2.29. The summed E-state index contributed by atoms with van der Waals surface area (Å²) in [7, 11) is 0. The van der Waals surface area contributed by atoms with Crippen molar-refractivity contribution in [1.29, 1.82) is 0 Å². The number of nitro groups is 1. The van der Waals surface area contributed by atoms with Gasteiger partial charge >= 0.3 is 0 Å². The van der Waals surface area contributed by atoms with Gasteiger partial charge in [0.25, 0.3) is 5.69 Å². The van der Waals surface area contributed by atoms with Gasteiger partial charge in [0.05, 0.1) is 15.1 Å². The van der Waals surface area contributed by atoms with Crippen LogP contribution in [0.5, 0.6) is 0 Å². The lowest BCUT2D eigenvalue weighted by Crippen LogP contribution is -2.07. The number of non-ortho nitro benzene ring substituents is 1. The SMILES string of the molecule is Cc1ccc2sc(NC(=O)C=Cc3ccc([N+](=O)[O-])cc3)nc2c1C. The Labute approximate surface area is 148 Å². The van der Waals surface area contributed by atoms with Crippen LogP contribution in [0.3, 0.4) is 0 Å². The molecule has 126 valence electrons. The molecule has 0 aliphatic rings. The number of hydrogen-bond acceptors (Lipinski definition) is 5. The number of anilines is 1. The average Bonchev–Trinajstić information content (AvgIpc) is 3.00. The number of amides is 1. The second kappa shape index (κ2) is 6.82. The topological polar surface area (TPSA) is 85.1 Å². The van der Waals surface area contributed by atoms with E-state index in [1.54, 1.807) is 18.2 Å². The molecule has 0 saturated heterocycles. The molecule has 0 aliphatic carbocycles. The zero-order valence-electron chi connectivity index (χ0n) is 13.6. The quantitative estimate of drug-likeness (QED) is 0.426. The van der Waals surface area contributed by atoms with E-state index in [0.717, 1.165) is 21.3 Å². The Bertz CT molecular complexity index is 991. The number of carbonyl (C=O) groups excluding carboxylic acids is 1. The smallest absolute Gasteiger partial charge is 0.269 e. The van der Waals surface area contributed by atoms with Crippen LogP contribution in [-0.4, -0.2) is 15.8 Å². The van der Waals surface area contributed by atoms with Crippen LogP contribution >= 0.6 is 11.3 Å². The molecule has 1 amide bonds. The fourth-order valence-corrected chi connectivity index (χ4v) is 3.23. The molecular weight excluding hydrogens is 338 g/mol. The molecule has 1 heterocycles. The van der Waals surface area contributed by atoms with Crippen molar-refractivity contribution < 1.29 is 9.72 Å². The lowest BCUT2D eigenvalue weighted by atomic mass is 10.1. The number of aromatic nitrogens is 1. The van der Waals surface area contributed by atoms with Crippen molar-refractivity contribution >= 4 is 44.4 Å². The number of fused-ring (bicyclic) bond motifs is 1. The van der Waals surface area contributed by atoms with Crippen LogP contribution in [0.2, 0.25) is 0 Å². The molecular formula is C18H15N3O3S. The van der Waals surface area contributed by atoms with Crippen molar-refractivity contribution in [2.24, 2.45) is 0 Å². The molecule has 0 bridgehead atoms. The zero-order chi connectivity index (χ0) is 18.0. The molecule has 1 N–H and O–H groups in total. The standard InChI is InChI=1S/C18H15N3O3S/c1-11-3-9-15-17(12(11)2)20-18(25-15)19-16(22)10-6-13-4-7-14(8-5-13)21(23)24/h3-10H,1-2H3,(H,19,20,22). The molecule has 0 aliphatic heterocycles. The van der Waals surface area contributed by atoms with Gasteiger partial charge in [-0.25, -0.2) is 4.98 Å². The van der Waals surface area contributed by atoms with E-state index in [2.05, 4.69) is 10.3 Å². The maximum Gasteiger partial charge on any atom is 0.269 e. The molecule has 7 heteroatoms. The summed E-state index contributed by atoms with van der Waals surface area (Å²) in [6.45, 7) is 4.04. The number of nitro benzene ring substituents is 1. The number of rotatable bonds is 4. The number of thiazole rings is 1. The molecule has 0 spiro atoms. The third-order valence-electron chi connectivity index (χ3n) is 3.85. The Kier molecular flexibility index (Phi) is 4.58. The lowest BCUT2D eigenvalue weighted by molar-refractivity contribution is -0.384. The van der Waals surface area contributed by atoms with Crippen molar-refractivity contribution in [2.45, 2.75) is 13.8 Å². The van der Waals surface area contributed by atoms with Gasteiger partial charge in [-0.05, 0) is 54.8 Å². The third kappa shape index (κ3) is 3.72. The first-order valence-corrected chi connectivity index (χ1v) is 8.36. The van der Waals surface area contributed by atoms with Crippen molar-refractivity contribution in [1.82, 2.24) is 4.98 Å². The van der Waals surface area contributed by atoms with Crippen molar-refractivity contribution in [3.63, 3.8) is 0 Å². The zero-order valence-corrected chi connectivity index (χ0v) is 14.5. The number of benzene rings is 2. The van der Waals surface area contributed by atoms with Gasteiger partial charge in [0.2, 0.25) is 5.91 Å². The van der Waals surface area contributed by atoms with Crippen LogP contribution in [0, 0.1) is 24.0 Å². The third-order valence-corrected chi connectivity index (χ3v) is 4.78. The van der Waals surface area contributed by atoms with Crippen LogP contribution in [-0.2, 0) is 4.79 Å². The first-order valence-electron chi connectivity index (χ1n) is 7.54. The Balaban J connectivity index is 1.72. The molecule has 0 fully saturated rings. The summed E-state index contributed by atoms with van der Waals surface area (Å²) in [5.74, 6) is -0.299. The van der Waals surface area contributed by atoms with E-state index in [1.165, 1.54) is 29.5 Å². The highest BCUT2D eigenvalue weighted by molar-refractivity contribution is 7.22. The van der Waals surface area contributed by atoms with E-state index in [-0.39, 0.29) is 11.6 Å². The summed E-state index contributed by atoms with van der Waals surface area (Å²) in [5, 5.41) is 13.9. The maximum atomic E-state index is 12.1. The van der Waals surface area contributed by atoms with Crippen molar-refractivity contribution in [3.8, 4) is 0 Å². The van der Waals surface area contributed by atoms with Crippen LogP contribution < -0.4 is 5.32 Å². The summed E-state index contributed by atoms with van der Waals surface area (Å²) in [6.07, 6.45) is 2.98. The Morgan fingerprint density at radius 1 is 1.20 bits per heavy atom. The van der Waals surface area contributed by atoms with E-state index in [9.17, 15) is 14.9 Å². The second-order valence-electron chi connectivity index (χ2n) is 5.54. The first-order chi connectivity index (χ1) is 11.9. The van der Waals surface area contributed by atoms with E-state index in [1.807, 2.05) is 26.0 Å². The largest absolute Gasteiger partial charge is 0.298 e. The second-order valence-corrected chi connectivity index (χ2v) is 6.58. The molecule has 0 unspecified atom stereocenters. The fraction of sp³-hybridized carbons (Fsp3) is 0.111. The van der Waals surface area contributed by atoms with Gasteiger partial charge in [0.15, 0.2) is 5.13 Å². The normalized spacial score (nSPS) is 11.1. The summed E-state index contributed by atoms with van der Waals surface area (Å²) in [6, 6.07) is 10.0. The number of hydrogen-bond donors (Lipinski definition) is 1. The number of aryl methyl sites for hydroxylation is 2. The van der Waals surface area contributed by atoms with Gasteiger partial charge in [-0.3, -0.25) is 20.2 Å². The summed E-state index contributed by atoms with van der Waals surface area (Å²) in [5.41, 5.74) is 3.89.